The second kappa shape index (κ2) is 9.58. The molecule has 0 saturated carbocycles. The quantitative estimate of drug-likeness (QED) is 0.437. The van der Waals surface area contributed by atoms with Crippen molar-refractivity contribution in [3.63, 3.8) is 0 Å². The largest absolute Gasteiger partial charge is 0.510 e. The van der Waals surface area contributed by atoms with Gasteiger partial charge in [0.15, 0.2) is 0 Å². The summed E-state index contributed by atoms with van der Waals surface area (Å²) in [5, 5.41) is 21.9. The van der Waals surface area contributed by atoms with E-state index in [9.17, 15) is 9.90 Å². The van der Waals surface area contributed by atoms with Crippen molar-refractivity contribution in [3.8, 4) is 11.3 Å². The number of aliphatic hydroxyl groups excluding tert-OH is 1. The number of nitrogens with zero attached hydrogens (tertiary/aromatic N) is 2. The Bertz CT molecular complexity index is 1230. The maximum absolute atomic E-state index is 12.0. The smallest absolute Gasteiger partial charge is 0.338 e. The molecule has 2 aromatic carbocycles. The lowest BCUT2D eigenvalue weighted by atomic mass is 10.1. The van der Waals surface area contributed by atoms with Gasteiger partial charge in [-0.25, -0.2) is 9.78 Å². The molecule has 2 heterocycles. The van der Waals surface area contributed by atoms with Gasteiger partial charge in [0, 0.05) is 17.5 Å². The SMILES string of the molecule is CCCOC(=O)c1ccc(CN2CC(O)=C(c3nc(-c4ccc(C)c(C)c4)cs3)C2=N)cc1. The Kier molecular flexibility index (Phi) is 6.60. The first-order valence-corrected chi connectivity index (χ1v) is 11.8. The summed E-state index contributed by atoms with van der Waals surface area (Å²) in [5.41, 5.74) is 6.23. The first-order chi connectivity index (χ1) is 15.9. The molecule has 0 aliphatic carbocycles. The molecule has 1 aromatic heterocycles. The number of carbonyl (C=O) groups excluding carboxylic acids is 1. The molecule has 1 aliphatic rings. The molecule has 0 saturated heterocycles. The van der Waals surface area contributed by atoms with Crippen molar-refractivity contribution in [2.75, 3.05) is 13.2 Å². The predicted octanol–water partition coefficient (Wildman–Crippen LogP) is 5.76. The third-order valence-electron chi connectivity index (χ3n) is 5.70. The van der Waals surface area contributed by atoms with Gasteiger partial charge in [0.2, 0.25) is 0 Å². The Hall–Kier alpha value is -3.45. The first-order valence-electron chi connectivity index (χ1n) is 10.9. The van der Waals surface area contributed by atoms with Crippen LogP contribution in [0, 0.1) is 19.3 Å². The number of nitrogens with one attached hydrogen (secondary N) is 1. The van der Waals surface area contributed by atoms with Crippen molar-refractivity contribution in [3.05, 3.63) is 80.9 Å². The van der Waals surface area contributed by atoms with Crippen LogP contribution >= 0.6 is 11.3 Å². The van der Waals surface area contributed by atoms with Crippen LogP contribution in [0.1, 0.15) is 45.4 Å². The van der Waals surface area contributed by atoms with E-state index < -0.39 is 0 Å². The van der Waals surface area contributed by atoms with E-state index in [-0.39, 0.29) is 24.1 Å². The number of benzene rings is 2. The molecule has 0 spiro atoms. The van der Waals surface area contributed by atoms with E-state index >= 15 is 0 Å². The Morgan fingerprint density at radius 2 is 1.94 bits per heavy atom. The van der Waals surface area contributed by atoms with Crippen LogP contribution in [-0.2, 0) is 11.3 Å². The Morgan fingerprint density at radius 1 is 1.18 bits per heavy atom. The molecule has 0 radical (unpaired) electrons. The van der Waals surface area contributed by atoms with Crippen molar-refractivity contribution < 1.29 is 14.6 Å². The molecule has 0 bridgehead atoms. The molecule has 3 aromatic rings. The maximum atomic E-state index is 12.0. The van der Waals surface area contributed by atoms with E-state index in [1.807, 2.05) is 30.5 Å². The van der Waals surface area contributed by atoms with Crippen molar-refractivity contribution >= 4 is 28.7 Å². The minimum Gasteiger partial charge on any atom is -0.510 e. The van der Waals surface area contributed by atoms with E-state index in [4.69, 9.17) is 15.1 Å². The monoisotopic (exact) mass is 461 g/mol. The van der Waals surface area contributed by atoms with Gasteiger partial charge in [-0.05, 0) is 55.2 Å². The molecular formula is C26H27N3O3S. The summed E-state index contributed by atoms with van der Waals surface area (Å²) >= 11 is 1.43. The van der Waals surface area contributed by atoms with Crippen LogP contribution < -0.4 is 0 Å². The van der Waals surface area contributed by atoms with Crippen LogP contribution in [0.2, 0.25) is 0 Å². The highest BCUT2D eigenvalue weighted by atomic mass is 32.1. The van der Waals surface area contributed by atoms with Gasteiger partial charge in [-0.2, -0.15) is 0 Å². The van der Waals surface area contributed by atoms with Crippen LogP contribution in [0.3, 0.4) is 0 Å². The highest BCUT2D eigenvalue weighted by molar-refractivity contribution is 7.11. The molecule has 6 nitrogen and oxygen atoms in total. The number of carbonyl (C=O) groups is 1. The molecular weight excluding hydrogens is 434 g/mol. The molecule has 1 aliphatic heterocycles. The summed E-state index contributed by atoms with van der Waals surface area (Å²) in [6.45, 7) is 7.22. The predicted molar refractivity (Wildman–Crippen MR) is 132 cm³/mol. The van der Waals surface area contributed by atoms with Gasteiger partial charge in [0.05, 0.1) is 30.0 Å². The molecule has 0 fully saturated rings. The Balaban J connectivity index is 1.46. The zero-order chi connectivity index (χ0) is 23.5. The van der Waals surface area contributed by atoms with E-state index in [1.54, 1.807) is 17.0 Å². The van der Waals surface area contributed by atoms with E-state index in [0.29, 0.717) is 29.3 Å². The maximum Gasteiger partial charge on any atom is 0.338 e. The molecule has 7 heteroatoms. The fourth-order valence-electron chi connectivity index (χ4n) is 3.66. The zero-order valence-corrected chi connectivity index (χ0v) is 19.8. The molecule has 0 unspecified atom stereocenters. The van der Waals surface area contributed by atoms with Gasteiger partial charge in [0.25, 0.3) is 0 Å². The number of esters is 1. The standard InChI is InChI=1S/C26H27N3O3S/c1-4-11-32-26(31)19-9-6-18(7-10-19)13-29-14-22(30)23(24(29)27)25-28-21(15-33-25)20-8-5-16(2)17(3)12-20/h5-10,12,15,27,30H,4,11,13-14H2,1-3H3. The molecule has 170 valence electrons. The second-order valence-electron chi connectivity index (χ2n) is 8.20. The number of ether oxygens (including phenoxy) is 1. The summed E-state index contributed by atoms with van der Waals surface area (Å²) in [6, 6.07) is 13.4. The van der Waals surface area contributed by atoms with Gasteiger partial charge >= 0.3 is 5.97 Å². The Morgan fingerprint density at radius 3 is 2.64 bits per heavy atom. The average Bonchev–Trinajstić information content (AvgIpc) is 3.38. The molecule has 4 rings (SSSR count). The summed E-state index contributed by atoms with van der Waals surface area (Å²) in [4.78, 5) is 18.5. The lowest BCUT2D eigenvalue weighted by Crippen LogP contribution is -2.26. The number of aryl methyl sites for hydroxylation is 2. The van der Waals surface area contributed by atoms with E-state index in [0.717, 1.165) is 23.2 Å². The van der Waals surface area contributed by atoms with Crippen LogP contribution in [0.25, 0.3) is 16.8 Å². The number of thiazole rings is 1. The van der Waals surface area contributed by atoms with Crippen molar-refractivity contribution in [1.29, 1.82) is 5.41 Å². The number of aliphatic hydroxyl groups is 1. The number of hydrogen-bond donors (Lipinski definition) is 2. The third-order valence-corrected chi connectivity index (χ3v) is 6.56. The summed E-state index contributed by atoms with van der Waals surface area (Å²) in [7, 11) is 0. The van der Waals surface area contributed by atoms with Crippen LogP contribution in [0.4, 0.5) is 0 Å². The van der Waals surface area contributed by atoms with Gasteiger partial charge in [-0.1, -0.05) is 31.2 Å². The van der Waals surface area contributed by atoms with Crippen molar-refractivity contribution in [2.45, 2.75) is 33.7 Å². The zero-order valence-electron chi connectivity index (χ0n) is 19.0. The highest BCUT2D eigenvalue weighted by Crippen LogP contribution is 2.33. The summed E-state index contributed by atoms with van der Waals surface area (Å²) < 4.78 is 5.16. The number of amidine groups is 1. The van der Waals surface area contributed by atoms with Crippen molar-refractivity contribution in [1.82, 2.24) is 9.88 Å². The van der Waals surface area contributed by atoms with E-state index in [1.165, 1.54) is 22.5 Å². The minimum absolute atomic E-state index is 0.153. The van der Waals surface area contributed by atoms with Crippen LogP contribution in [0.5, 0.6) is 0 Å². The van der Waals surface area contributed by atoms with Gasteiger partial charge < -0.3 is 14.7 Å². The van der Waals surface area contributed by atoms with Crippen molar-refractivity contribution in [2.24, 2.45) is 0 Å². The second-order valence-corrected chi connectivity index (χ2v) is 9.05. The lowest BCUT2D eigenvalue weighted by Gasteiger charge is -2.18. The number of aromatic nitrogens is 1. The first kappa shape index (κ1) is 22.7. The van der Waals surface area contributed by atoms with Crippen LogP contribution in [0.15, 0.2) is 53.6 Å². The minimum atomic E-state index is -0.331. The topological polar surface area (TPSA) is 86.5 Å². The normalized spacial score (nSPS) is 13.7. The molecule has 2 N–H and O–H groups in total. The van der Waals surface area contributed by atoms with Gasteiger partial charge in [0.1, 0.15) is 16.6 Å². The van der Waals surface area contributed by atoms with Gasteiger partial charge in [-0.15, -0.1) is 11.3 Å². The Labute approximate surface area is 197 Å². The fourth-order valence-corrected chi connectivity index (χ4v) is 4.56. The summed E-state index contributed by atoms with van der Waals surface area (Å²) in [5.74, 6) is 0.0722. The molecule has 0 amide bonds. The number of rotatable bonds is 7. The fraction of sp³-hybridized carbons (Fsp3) is 0.269. The third kappa shape index (κ3) is 4.83. The summed E-state index contributed by atoms with van der Waals surface area (Å²) in [6.07, 6.45) is 0.783. The highest BCUT2D eigenvalue weighted by Gasteiger charge is 2.30. The lowest BCUT2D eigenvalue weighted by molar-refractivity contribution is 0.0505. The molecule has 0 atom stereocenters. The number of hydrogen-bond acceptors (Lipinski definition) is 6. The van der Waals surface area contributed by atoms with Gasteiger partial charge in [-0.3, -0.25) is 5.41 Å². The average molecular weight is 462 g/mol. The molecule has 33 heavy (non-hydrogen) atoms. The van der Waals surface area contributed by atoms with Crippen LogP contribution in [-0.4, -0.2) is 39.9 Å². The van der Waals surface area contributed by atoms with E-state index in [2.05, 4.69) is 26.0 Å².